The van der Waals surface area contributed by atoms with Crippen LogP contribution in [0.25, 0.3) is 0 Å². The molecule has 4 rings (SSSR count). The van der Waals surface area contributed by atoms with Gasteiger partial charge in [-0.25, -0.2) is 0 Å². The van der Waals surface area contributed by atoms with Gasteiger partial charge in [0.25, 0.3) is 0 Å². The van der Waals surface area contributed by atoms with E-state index in [1.807, 2.05) is 6.92 Å². The summed E-state index contributed by atoms with van der Waals surface area (Å²) in [5, 5.41) is 42.7. The Hall–Kier alpha value is -1.08. The molecule has 0 radical (unpaired) electrons. The average molecular weight is 378 g/mol. The maximum Gasteiger partial charge on any atom is 0.190 e. The van der Waals surface area contributed by atoms with Gasteiger partial charge in [0.05, 0.1) is 12.2 Å². The first-order valence-corrected chi connectivity index (χ1v) is 10.0. The van der Waals surface area contributed by atoms with Crippen molar-refractivity contribution in [2.45, 2.75) is 70.2 Å². The second-order valence-electron chi connectivity index (χ2n) is 9.70. The van der Waals surface area contributed by atoms with E-state index >= 15 is 0 Å². The zero-order valence-electron chi connectivity index (χ0n) is 16.0. The highest BCUT2D eigenvalue weighted by atomic mass is 16.3. The molecule has 3 saturated carbocycles. The topological polar surface area (TPSA) is 115 Å². The molecule has 0 aromatic carbocycles. The molecule has 0 heterocycles. The quantitative estimate of drug-likeness (QED) is 0.564. The van der Waals surface area contributed by atoms with Crippen molar-refractivity contribution in [1.82, 2.24) is 0 Å². The smallest absolute Gasteiger partial charge is 0.190 e. The van der Waals surface area contributed by atoms with Crippen molar-refractivity contribution in [3.8, 4) is 0 Å². The van der Waals surface area contributed by atoms with E-state index in [0.29, 0.717) is 25.7 Å². The van der Waals surface area contributed by atoms with Crippen LogP contribution in [0.2, 0.25) is 0 Å². The van der Waals surface area contributed by atoms with Crippen LogP contribution in [-0.4, -0.2) is 56.4 Å². The third-order valence-corrected chi connectivity index (χ3v) is 8.68. The largest absolute Gasteiger partial charge is 0.393 e. The molecule has 4 N–H and O–H groups in total. The van der Waals surface area contributed by atoms with E-state index < -0.39 is 35.6 Å². The highest BCUT2D eigenvalue weighted by Gasteiger charge is 2.69. The Kier molecular flexibility index (Phi) is 4.25. The van der Waals surface area contributed by atoms with E-state index in [9.17, 15) is 30.0 Å². The first-order chi connectivity index (χ1) is 12.6. The third-order valence-electron chi connectivity index (χ3n) is 8.68. The van der Waals surface area contributed by atoms with Crippen LogP contribution in [0.1, 0.15) is 52.4 Å². The Bertz CT molecular complexity index is 715. The van der Waals surface area contributed by atoms with Gasteiger partial charge in [-0.15, -0.1) is 0 Å². The number of aliphatic hydroxyl groups is 4. The molecule has 6 heteroatoms. The van der Waals surface area contributed by atoms with Gasteiger partial charge >= 0.3 is 0 Å². The molecule has 0 saturated heterocycles. The van der Waals surface area contributed by atoms with Crippen LogP contribution in [0.3, 0.4) is 0 Å². The van der Waals surface area contributed by atoms with Gasteiger partial charge in [0.15, 0.2) is 11.6 Å². The van der Waals surface area contributed by atoms with Gasteiger partial charge in [0.2, 0.25) is 0 Å². The molecule has 0 bridgehead atoms. The number of carbonyl (C=O) groups is 2. The number of carbonyl (C=O) groups excluding carboxylic acids is 2. The second kappa shape index (κ2) is 5.96. The summed E-state index contributed by atoms with van der Waals surface area (Å²) in [5.41, 5.74) is -1.97. The summed E-state index contributed by atoms with van der Waals surface area (Å²) in [7, 11) is 0. The number of fused-ring (bicyclic) bond motifs is 5. The highest BCUT2D eigenvalue weighted by Crippen LogP contribution is 2.67. The Morgan fingerprint density at radius 1 is 1.22 bits per heavy atom. The van der Waals surface area contributed by atoms with E-state index in [-0.39, 0.29) is 41.8 Å². The molecule has 4 aliphatic rings. The maximum atomic E-state index is 12.4. The molecule has 150 valence electrons. The van der Waals surface area contributed by atoms with Gasteiger partial charge in [-0.3, -0.25) is 9.59 Å². The molecule has 4 aliphatic carbocycles. The van der Waals surface area contributed by atoms with E-state index in [4.69, 9.17) is 0 Å². The van der Waals surface area contributed by atoms with Crippen LogP contribution in [0.4, 0.5) is 0 Å². The minimum Gasteiger partial charge on any atom is -0.393 e. The highest BCUT2D eigenvalue weighted by molar-refractivity contribution is 5.92. The molecule has 6 nitrogen and oxygen atoms in total. The second-order valence-corrected chi connectivity index (χ2v) is 9.70. The van der Waals surface area contributed by atoms with Gasteiger partial charge in [-0.05, 0) is 61.3 Å². The summed E-state index contributed by atoms with van der Waals surface area (Å²) in [5.74, 6) is -1.08. The Morgan fingerprint density at radius 2 is 1.93 bits per heavy atom. The van der Waals surface area contributed by atoms with Crippen molar-refractivity contribution < 1.29 is 30.0 Å². The van der Waals surface area contributed by atoms with Gasteiger partial charge in [0.1, 0.15) is 12.2 Å². The van der Waals surface area contributed by atoms with Crippen LogP contribution in [-0.2, 0) is 9.59 Å². The molecular weight excluding hydrogens is 348 g/mol. The Morgan fingerprint density at radius 3 is 2.59 bits per heavy atom. The number of hydrogen-bond donors (Lipinski definition) is 4. The van der Waals surface area contributed by atoms with Crippen molar-refractivity contribution in [2.24, 2.45) is 28.6 Å². The third kappa shape index (κ3) is 2.33. The molecule has 0 aromatic heterocycles. The van der Waals surface area contributed by atoms with Crippen LogP contribution < -0.4 is 0 Å². The van der Waals surface area contributed by atoms with Crippen molar-refractivity contribution in [3.63, 3.8) is 0 Å². The molecule has 3 unspecified atom stereocenters. The summed E-state index contributed by atoms with van der Waals surface area (Å²) >= 11 is 0. The summed E-state index contributed by atoms with van der Waals surface area (Å²) in [4.78, 5) is 24.3. The van der Waals surface area contributed by atoms with Gasteiger partial charge in [-0.1, -0.05) is 19.4 Å². The zero-order valence-corrected chi connectivity index (χ0v) is 16.0. The van der Waals surface area contributed by atoms with E-state index in [2.05, 4.69) is 6.92 Å². The lowest BCUT2D eigenvalue weighted by Crippen LogP contribution is -2.64. The molecule has 0 amide bonds. The van der Waals surface area contributed by atoms with Crippen LogP contribution in [0.15, 0.2) is 11.6 Å². The summed E-state index contributed by atoms with van der Waals surface area (Å²) < 4.78 is 0. The lowest BCUT2D eigenvalue weighted by Gasteiger charge is -2.61. The number of hydrogen-bond acceptors (Lipinski definition) is 6. The summed E-state index contributed by atoms with van der Waals surface area (Å²) in [6, 6.07) is 0. The van der Waals surface area contributed by atoms with Crippen LogP contribution in [0, 0.1) is 28.6 Å². The monoisotopic (exact) mass is 378 g/mol. The molecule has 0 aliphatic heterocycles. The normalized spacial score (nSPS) is 51.9. The maximum absolute atomic E-state index is 12.4. The fourth-order valence-corrected chi connectivity index (χ4v) is 7.24. The van der Waals surface area contributed by atoms with Gasteiger partial charge in [-0.2, -0.15) is 0 Å². The number of aliphatic hydroxyl groups excluding tert-OH is 3. The van der Waals surface area contributed by atoms with E-state index in [0.717, 1.165) is 5.57 Å². The van der Waals surface area contributed by atoms with Crippen molar-refractivity contribution in [3.05, 3.63) is 11.6 Å². The number of ketones is 2. The Labute approximate surface area is 159 Å². The predicted molar refractivity (Wildman–Crippen MR) is 96.5 cm³/mol. The summed E-state index contributed by atoms with van der Waals surface area (Å²) in [6.45, 7) is 3.18. The summed E-state index contributed by atoms with van der Waals surface area (Å²) in [6.07, 6.45) is 2.73. The zero-order chi connectivity index (χ0) is 19.8. The lowest BCUT2D eigenvalue weighted by molar-refractivity contribution is -0.197. The lowest BCUT2D eigenvalue weighted by atomic mass is 9.44. The number of rotatable bonds is 2. The van der Waals surface area contributed by atoms with Crippen LogP contribution in [0.5, 0.6) is 0 Å². The van der Waals surface area contributed by atoms with Gasteiger partial charge < -0.3 is 20.4 Å². The first kappa shape index (κ1) is 19.2. The molecule has 27 heavy (non-hydrogen) atoms. The average Bonchev–Trinajstić information content (AvgIpc) is 2.87. The van der Waals surface area contributed by atoms with Crippen molar-refractivity contribution in [2.75, 3.05) is 6.61 Å². The SMILES string of the molecule is C[C@]12CCC(=O)C=C1C[C@@H](O)C1C2[C@@H](O)C[C@@]2(C)C1CC[C@]2(O)C(=O)CO. The van der Waals surface area contributed by atoms with E-state index in [1.165, 1.54) is 0 Å². The van der Waals surface area contributed by atoms with Crippen LogP contribution >= 0.6 is 0 Å². The molecule has 8 atom stereocenters. The van der Waals surface area contributed by atoms with Gasteiger partial charge in [0, 0.05) is 11.8 Å². The molecule has 3 fully saturated rings. The first-order valence-electron chi connectivity index (χ1n) is 10.0. The minimum absolute atomic E-state index is 0.0760. The predicted octanol–water partition coefficient (Wildman–Crippen LogP) is 0.752. The number of Topliss-reactive ketones (excluding diaryl/α,β-unsaturated/α-hetero) is 1. The fourth-order valence-electron chi connectivity index (χ4n) is 7.24. The van der Waals surface area contributed by atoms with Crippen molar-refractivity contribution in [1.29, 1.82) is 0 Å². The molecular formula is C21H30O6. The molecule has 0 aromatic rings. The minimum atomic E-state index is -1.67. The Balaban J connectivity index is 1.78. The fraction of sp³-hybridized carbons (Fsp3) is 0.810. The van der Waals surface area contributed by atoms with E-state index in [1.54, 1.807) is 6.08 Å². The standard InChI is InChI=1S/C21H30O6/c1-19-5-3-12(23)7-11(19)8-14(24)17-13-4-6-21(27,16(26)10-22)20(13,2)9-15(25)18(17)19/h7,13-15,17-18,22,24-25,27H,3-6,8-10H2,1-2H3/t13?,14-,15+,17?,18?,19+,20+,21+/m1/s1. The molecule has 0 spiro atoms. The van der Waals surface area contributed by atoms with Crippen molar-refractivity contribution >= 4 is 11.6 Å².